The molecule has 2 rings (SSSR count). The van der Waals surface area contributed by atoms with Gasteiger partial charge < -0.3 is 15.0 Å². The third kappa shape index (κ3) is 3.91. The standard InChI is InChI=1S/C15H25N3O/c1-4-16-11-13-9-12(2)17-15(10-13)18(3)14-5-7-19-8-6-14/h9-10,14,16H,4-8,11H2,1-3H3. The number of aromatic nitrogens is 1. The van der Waals surface area contributed by atoms with Crippen LogP contribution in [-0.4, -0.2) is 37.8 Å². The minimum absolute atomic E-state index is 0.551. The van der Waals surface area contributed by atoms with Crippen molar-refractivity contribution in [1.29, 1.82) is 0 Å². The fourth-order valence-corrected chi connectivity index (χ4v) is 2.53. The molecule has 2 heterocycles. The molecule has 0 aliphatic carbocycles. The summed E-state index contributed by atoms with van der Waals surface area (Å²) in [5.41, 5.74) is 2.40. The number of aryl methyl sites for hydroxylation is 1. The highest BCUT2D eigenvalue weighted by atomic mass is 16.5. The minimum atomic E-state index is 0.551. The number of nitrogens with one attached hydrogen (secondary N) is 1. The molecule has 19 heavy (non-hydrogen) atoms. The molecule has 0 atom stereocenters. The van der Waals surface area contributed by atoms with Crippen LogP contribution >= 0.6 is 0 Å². The third-order valence-corrected chi connectivity index (χ3v) is 3.68. The number of hydrogen-bond acceptors (Lipinski definition) is 4. The quantitative estimate of drug-likeness (QED) is 0.883. The van der Waals surface area contributed by atoms with Gasteiger partial charge in [-0.2, -0.15) is 0 Å². The van der Waals surface area contributed by atoms with E-state index in [-0.39, 0.29) is 0 Å². The van der Waals surface area contributed by atoms with Crippen molar-refractivity contribution in [2.75, 3.05) is 31.7 Å². The Balaban J connectivity index is 2.11. The first-order valence-corrected chi connectivity index (χ1v) is 7.19. The van der Waals surface area contributed by atoms with Crippen molar-refractivity contribution in [1.82, 2.24) is 10.3 Å². The molecule has 4 nitrogen and oxygen atoms in total. The molecule has 106 valence electrons. The van der Waals surface area contributed by atoms with Crippen molar-refractivity contribution in [3.05, 3.63) is 23.4 Å². The van der Waals surface area contributed by atoms with Gasteiger partial charge >= 0.3 is 0 Å². The summed E-state index contributed by atoms with van der Waals surface area (Å²) in [5.74, 6) is 1.08. The van der Waals surface area contributed by atoms with Gasteiger partial charge in [-0.05, 0) is 44.0 Å². The Morgan fingerprint density at radius 3 is 2.79 bits per heavy atom. The topological polar surface area (TPSA) is 37.4 Å². The SMILES string of the molecule is CCNCc1cc(C)nc(N(C)C2CCOCC2)c1. The number of pyridine rings is 1. The van der Waals surface area contributed by atoms with E-state index in [0.717, 1.165) is 50.7 Å². The van der Waals surface area contributed by atoms with E-state index >= 15 is 0 Å². The summed E-state index contributed by atoms with van der Waals surface area (Å²) in [5, 5.41) is 3.37. The largest absolute Gasteiger partial charge is 0.381 e. The van der Waals surface area contributed by atoms with Crippen LogP contribution in [-0.2, 0) is 11.3 Å². The van der Waals surface area contributed by atoms with Crippen LogP contribution in [0, 0.1) is 6.92 Å². The van der Waals surface area contributed by atoms with E-state index in [0.29, 0.717) is 6.04 Å². The van der Waals surface area contributed by atoms with Crippen molar-refractivity contribution < 1.29 is 4.74 Å². The molecular weight excluding hydrogens is 238 g/mol. The van der Waals surface area contributed by atoms with Gasteiger partial charge in [-0.3, -0.25) is 0 Å². The number of hydrogen-bond donors (Lipinski definition) is 1. The fourth-order valence-electron chi connectivity index (χ4n) is 2.53. The zero-order valence-corrected chi connectivity index (χ0v) is 12.3. The van der Waals surface area contributed by atoms with Crippen LogP contribution < -0.4 is 10.2 Å². The van der Waals surface area contributed by atoms with Gasteiger partial charge in [-0.1, -0.05) is 6.92 Å². The second-order valence-corrected chi connectivity index (χ2v) is 5.21. The molecule has 0 unspecified atom stereocenters. The fraction of sp³-hybridized carbons (Fsp3) is 0.667. The molecule has 1 saturated heterocycles. The van der Waals surface area contributed by atoms with Crippen molar-refractivity contribution in [3.8, 4) is 0 Å². The predicted octanol–water partition coefficient (Wildman–Crippen LogP) is 2.11. The van der Waals surface area contributed by atoms with Crippen molar-refractivity contribution in [2.45, 2.75) is 39.3 Å². The Kier molecular flexibility index (Phi) is 5.16. The van der Waals surface area contributed by atoms with E-state index in [4.69, 9.17) is 4.74 Å². The van der Waals surface area contributed by atoms with Gasteiger partial charge in [-0.15, -0.1) is 0 Å². The Morgan fingerprint density at radius 1 is 1.37 bits per heavy atom. The third-order valence-electron chi connectivity index (χ3n) is 3.68. The molecule has 1 aromatic heterocycles. The minimum Gasteiger partial charge on any atom is -0.381 e. The van der Waals surface area contributed by atoms with Gasteiger partial charge in [0.25, 0.3) is 0 Å². The summed E-state index contributed by atoms with van der Waals surface area (Å²) in [6.45, 7) is 7.83. The monoisotopic (exact) mass is 263 g/mol. The van der Waals surface area contributed by atoms with E-state index in [2.05, 4.69) is 48.2 Å². The molecule has 0 spiro atoms. The maximum atomic E-state index is 5.43. The van der Waals surface area contributed by atoms with Gasteiger partial charge in [0.05, 0.1) is 0 Å². The smallest absolute Gasteiger partial charge is 0.129 e. The summed E-state index contributed by atoms with van der Waals surface area (Å²) >= 11 is 0. The number of nitrogens with zero attached hydrogens (tertiary/aromatic N) is 2. The highest BCUT2D eigenvalue weighted by molar-refractivity contribution is 5.43. The normalized spacial score (nSPS) is 16.6. The van der Waals surface area contributed by atoms with Crippen LogP contribution in [0.1, 0.15) is 31.0 Å². The van der Waals surface area contributed by atoms with Gasteiger partial charge in [0, 0.05) is 38.5 Å². The number of rotatable bonds is 5. The predicted molar refractivity (Wildman–Crippen MR) is 78.6 cm³/mol. The maximum absolute atomic E-state index is 5.43. The van der Waals surface area contributed by atoms with Crippen LogP contribution in [0.15, 0.2) is 12.1 Å². The summed E-state index contributed by atoms with van der Waals surface area (Å²) in [7, 11) is 2.15. The lowest BCUT2D eigenvalue weighted by Gasteiger charge is -2.32. The van der Waals surface area contributed by atoms with Crippen LogP contribution in [0.25, 0.3) is 0 Å². The van der Waals surface area contributed by atoms with E-state index in [1.54, 1.807) is 0 Å². The first kappa shape index (κ1) is 14.3. The molecule has 1 N–H and O–H groups in total. The highest BCUT2D eigenvalue weighted by Crippen LogP contribution is 2.21. The van der Waals surface area contributed by atoms with Gasteiger partial charge in [0.15, 0.2) is 0 Å². The second-order valence-electron chi connectivity index (χ2n) is 5.21. The van der Waals surface area contributed by atoms with Crippen LogP contribution in [0.2, 0.25) is 0 Å². The molecule has 0 radical (unpaired) electrons. The molecule has 0 saturated carbocycles. The van der Waals surface area contributed by atoms with E-state index in [9.17, 15) is 0 Å². The van der Waals surface area contributed by atoms with Crippen molar-refractivity contribution >= 4 is 5.82 Å². The van der Waals surface area contributed by atoms with Crippen molar-refractivity contribution in [3.63, 3.8) is 0 Å². The zero-order chi connectivity index (χ0) is 13.7. The summed E-state index contributed by atoms with van der Waals surface area (Å²) in [6, 6.07) is 4.91. The number of anilines is 1. The summed E-state index contributed by atoms with van der Waals surface area (Å²) < 4.78 is 5.43. The van der Waals surface area contributed by atoms with E-state index < -0.39 is 0 Å². The Morgan fingerprint density at radius 2 is 2.11 bits per heavy atom. The summed E-state index contributed by atoms with van der Waals surface area (Å²) in [6.07, 6.45) is 2.18. The summed E-state index contributed by atoms with van der Waals surface area (Å²) in [4.78, 5) is 6.98. The van der Waals surface area contributed by atoms with E-state index in [1.807, 2.05) is 0 Å². The molecule has 0 amide bonds. The Bertz CT molecular complexity index is 402. The first-order valence-electron chi connectivity index (χ1n) is 7.19. The van der Waals surface area contributed by atoms with Crippen LogP contribution in [0.4, 0.5) is 5.82 Å². The Labute approximate surface area is 116 Å². The highest BCUT2D eigenvalue weighted by Gasteiger charge is 2.19. The average molecular weight is 263 g/mol. The van der Waals surface area contributed by atoms with Gasteiger partial charge in [0.2, 0.25) is 0 Å². The lowest BCUT2D eigenvalue weighted by Crippen LogP contribution is -2.37. The molecule has 1 fully saturated rings. The molecule has 0 aromatic carbocycles. The zero-order valence-electron chi connectivity index (χ0n) is 12.3. The second kappa shape index (κ2) is 6.87. The van der Waals surface area contributed by atoms with Gasteiger partial charge in [-0.25, -0.2) is 4.98 Å². The lowest BCUT2D eigenvalue weighted by atomic mass is 10.1. The molecule has 0 bridgehead atoms. The van der Waals surface area contributed by atoms with E-state index in [1.165, 1.54) is 5.56 Å². The van der Waals surface area contributed by atoms with Crippen molar-refractivity contribution in [2.24, 2.45) is 0 Å². The Hall–Kier alpha value is -1.13. The van der Waals surface area contributed by atoms with Crippen LogP contribution in [0.3, 0.4) is 0 Å². The lowest BCUT2D eigenvalue weighted by molar-refractivity contribution is 0.0853. The number of ether oxygens (including phenoxy) is 1. The maximum Gasteiger partial charge on any atom is 0.129 e. The molecule has 4 heteroatoms. The van der Waals surface area contributed by atoms with Gasteiger partial charge in [0.1, 0.15) is 5.82 Å². The molecule has 1 aliphatic heterocycles. The van der Waals surface area contributed by atoms with Crippen LogP contribution in [0.5, 0.6) is 0 Å². The first-order chi connectivity index (χ1) is 9.20. The molecule has 1 aliphatic rings. The molecular formula is C15H25N3O. The molecule has 1 aromatic rings. The average Bonchev–Trinajstić information content (AvgIpc) is 2.44.